The Morgan fingerprint density at radius 1 is 0.542 bits per heavy atom. The summed E-state index contributed by atoms with van der Waals surface area (Å²) in [5.41, 5.74) is 1.05. The Hall–Kier alpha value is -0.340. The quantitative estimate of drug-likeness (QED) is 0.151. The highest BCUT2D eigenvalue weighted by atomic mass is 16.5. The molecule has 0 saturated carbocycles. The lowest BCUT2D eigenvalue weighted by Crippen LogP contribution is -2.77. The zero-order valence-electron chi connectivity index (χ0n) is 16.6. The SMILES string of the molecule is CCCCCCCC/C=C\CCCCCCCCCCCC[NH2+][O-]. The van der Waals surface area contributed by atoms with Crippen molar-refractivity contribution in [2.75, 3.05) is 6.54 Å². The van der Waals surface area contributed by atoms with E-state index in [2.05, 4.69) is 19.1 Å². The van der Waals surface area contributed by atoms with Gasteiger partial charge in [0, 0.05) is 0 Å². The van der Waals surface area contributed by atoms with E-state index in [1.54, 1.807) is 0 Å². The van der Waals surface area contributed by atoms with Crippen molar-refractivity contribution in [3.63, 3.8) is 0 Å². The van der Waals surface area contributed by atoms with Crippen LogP contribution >= 0.6 is 0 Å². The van der Waals surface area contributed by atoms with Crippen LogP contribution in [0.25, 0.3) is 0 Å². The van der Waals surface area contributed by atoms with Gasteiger partial charge in [0.1, 0.15) is 0 Å². The molecule has 0 unspecified atom stereocenters. The van der Waals surface area contributed by atoms with Gasteiger partial charge in [-0.25, -0.2) is 0 Å². The second-order valence-corrected chi connectivity index (χ2v) is 7.31. The van der Waals surface area contributed by atoms with Crippen molar-refractivity contribution in [1.29, 1.82) is 0 Å². The number of allylic oxidation sites excluding steroid dienone is 2. The molecular weight excluding hydrogens is 294 g/mol. The zero-order chi connectivity index (χ0) is 17.6. The maximum atomic E-state index is 10.2. The summed E-state index contributed by atoms with van der Waals surface area (Å²) in [6, 6.07) is 0. The third-order valence-electron chi connectivity index (χ3n) is 4.83. The molecule has 24 heavy (non-hydrogen) atoms. The predicted octanol–water partition coefficient (Wildman–Crippen LogP) is 6.65. The van der Waals surface area contributed by atoms with Gasteiger partial charge in [0.05, 0.1) is 6.54 Å². The van der Waals surface area contributed by atoms with Crippen LogP contribution in [0.5, 0.6) is 0 Å². The topological polar surface area (TPSA) is 39.7 Å². The molecule has 0 aromatic heterocycles. The second-order valence-electron chi connectivity index (χ2n) is 7.31. The number of rotatable bonds is 20. The molecule has 0 radical (unpaired) electrons. The first-order valence-electron chi connectivity index (χ1n) is 11.0. The molecule has 0 saturated heterocycles. The predicted molar refractivity (Wildman–Crippen MR) is 108 cm³/mol. The highest BCUT2D eigenvalue weighted by Gasteiger charge is 1.93. The van der Waals surface area contributed by atoms with E-state index in [4.69, 9.17) is 0 Å². The van der Waals surface area contributed by atoms with Gasteiger partial charge in [-0.1, -0.05) is 96.1 Å². The van der Waals surface area contributed by atoms with Gasteiger partial charge >= 0.3 is 0 Å². The number of hydrogen-bond donors (Lipinski definition) is 1. The van der Waals surface area contributed by atoms with Crippen LogP contribution in [-0.2, 0) is 0 Å². The number of hydroxylamine groups is 1. The summed E-state index contributed by atoms with van der Waals surface area (Å²) in [4.78, 5) is 0. The van der Waals surface area contributed by atoms with Crippen molar-refractivity contribution in [2.24, 2.45) is 0 Å². The molecule has 0 aliphatic heterocycles. The number of quaternary nitrogens is 1. The van der Waals surface area contributed by atoms with Crippen LogP contribution in [0.15, 0.2) is 12.2 Å². The molecule has 2 nitrogen and oxygen atoms in total. The van der Waals surface area contributed by atoms with Gasteiger partial charge in [-0.2, -0.15) is 0 Å². The Balaban J connectivity index is 3.03. The monoisotopic (exact) mass is 339 g/mol. The molecular formula is C22H45NO. The first kappa shape index (κ1) is 23.7. The smallest absolute Gasteiger partial charge is 0.0752 e. The number of hydrogen-bond acceptors (Lipinski definition) is 1. The van der Waals surface area contributed by atoms with Gasteiger partial charge in [-0.05, 0) is 38.5 Å². The molecule has 0 amide bonds. The molecule has 0 aliphatic rings. The van der Waals surface area contributed by atoms with Gasteiger partial charge in [0.25, 0.3) is 0 Å². The Labute approximate surface area is 152 Å². The van der Waals surface area contributed by atoms with E-state index in [-0.39, 0.29) is 0 Å². The lowest BCUT2D eigenvalue weighted by atomic mass is 10.1. The molecule has 0 aromatic rings. The molecule has 2 N–H and O–H groups in total. The summed E-state index contributed by atoms with van der Waals surface area (Å²) in [6.45, 7) is 3.04. The highest BCUT2D eigenvalue weighted by molar-refractivity contribution is 4.81. The average molecular weight is 340 g/mol. The fourth-order valence-corrected chi connectivity index (χ4v) is 3.18. The van der Waals surface area contributed by atoms with Crippen LogP contribution < -0.4 is 5.48 Å². The summed E-state index contributed by atoms with van der Waals surface area (Å²) in [5, 5.41) is 10.2. The van der Waals surface area contributed by atoms with E-state index in [0.29, 0.717) is 0 Å². The fourth-order valence-electron chi connectivity index (χ4n) is 3.18. The fraction of sp³-hybridized carbons (Fsp3) is 0.909. The third kappa shape index (κ3) is 21.7. The van der Waals surface area contributed by atoms with Crippen molar-refractivity contribution < 1.29 is 5.48 Å². The summed E-state index contributed by atoms with van der Waals surface area (Å²) in [7, 11) is 0. The first-order chi connectivity index (χ1) is 11.9. The Morgan fingerprint density at radius 3 is 1.33 bits per heavy atom. The van der Waals surface area contributed by atoms with Gasteiger partial charge in [-0.15, -0.1) is 0 Å². The van der Waals surface area contributed by atoms with E-state index >= 15 is 0 Å². The van der Waals surface area contributed by atoms with E-state index in [0.717, 1.165) is 18.4 Å². The van der Waals surface area contributed by atoms with Crippen molar-refractivity contribution in [2.45, 2.75) is 122 Å². The van der Waals surface area contributed by atoms with Crippen LogP contribution in [0.3, 0.4) is 0 Å². The van der Waals surface area contributed by atoms with Crippen LogP contribution in [0.4, 0.5) is 0 Å². The van der Waals surface area contributed by atoms with Gasteiger partial charge in [-0.3, -0.25) is 0 Å². The molecule has 0 spiro atoms. The van der Waals surface area contributed by atoms with Crippen LogP contribution in [0.2, 0.25) is 0 Å². The third-order valence-corrected chi connectivity index (χ3v) is 4.83. The Morgan fingerprint density at radius 2 is 0.917 bits per heavy atom. The summed E-state index contributed by atoms with van der Waals surface area (Å²) in [5.74, 6) is 0. The van der Waals surface area contributed by atoms with Crippen LogP contribution in [0, 0.1) is 5.21 Å². The second kappa shape index (κ2) is 22.7. The molecule has 0 fully saturated rings. The largest absolute Gasteiger partial charge is 0.636 e. The van der Waals surface area contributed by atoms with E-state index in [1.165, 1.54) is 109 Å². The summed E-state index contributed by atoms with van der Waals surface area (Å²) < 4.78 is 0. The van der Waals surface area contributed by atoms with Crippen LogP contribution in [-0.4, -0.2) is 6.54 Å². The summed E-state index contributed by atoms with van der Waals surface area (Å²) >= 11 is 0. The van der Waals surface area contributed by atoms with E-state index in [1.807, 2.05) is 0 Å². The summed E-state index contributed by atoms with van der Waals surface area (Å²) in [6.07, 6.45) is 29.2. The molecule has 0 aliphatic carbocycles. The maximum Gasteiger partial charge on any atom is 0.0752 e. The van der Waals surface area contributed by atoms with E-state index in [9.17, 15) is 5.21 Å². The van der Waals surface area contributed by atoms with Gasteiger partial charge in [0.2, 0.25) is 0 Å². The standard InChI is InChI=1S/C22H45NO/c1-2-3-4-5-6-7-8-9-10-11-12-13-14-15-16-17-18-19-20-21-22-23-24/h9-10H,2-8,11-23H2,1H3/b10-9-. The van der Waals surface area contributed by atoms with Crippen molar-refractivity contribution in [3.05, 3.63) is 17.4 Å². The molecule has 0 rings (SSSR count). The van der Waals surface area contributed by atoms with Crippen molar-refractivity contribution >= 4 is 0 Å². The molecule has 0 aromatic carbocycles. The lowest BCUT2D eigenvalue weighted by Gasteiger charge is -2.03. The molecule has 0 bridgehead atoms. The Bertz CT molecular complexity index is 240. The van der Waals surface area contributed by atoms with Gasteiger partial charge in [0.15, 0.2) is 0 Å². The van der Waals surface area contributed by atoms with Crippen LogP contribution in [0.1, 0.15) is 122 Å². The van der Waals surface area contributed by atoms with Crippen molar-refractivity contribution in [1.82, 2.24) is 0 Å². The minimum atomic E-state index is 0.757. The Kier molecular flexibility index (Phi) is 22.3. The number of unbranched alkanes of at least 4 members (excludes halogenated alkanes) is 16. The lowest BCUT2D eigenvalue weighted by molar-refractivity contribution is -0.589. The normalized spacial score (nSPS) is 11.6. The molecule has 0 atom stereocenters. The van der Waals surface area contributed by atoms with Gasteiger partial charge < -0.3 is 10.7 Å². The van der Waals surface area contributed by atoms with E-state index < -0.39 is 0 Å². The average Bonchev–Trinajstić information content (AvgIpc) is 2.60. The highest BCUT2D eigenvalue weighted by Crippen LogP contribution is 2.12. The number of nitrogens with two attached hydrogens (primary N) is 1. The molecule has 144 valence electrons. The minimum Gasteiger partial charge on any atom is -0.636 e. The minimum absolute atomic E-state index is 0.757. The molecule has 0 heterocycles. The van der Waals surface area contributed by atoms with Crippen molar-refractivity contribution in [3.8, 4) is 0 Å². The first-order valence-corrected chi connectivity index (χ1v) is 11.0. The molecule has 2 heteroatoms. The maximum absolute atomic E-state index is 10.2. The zero-order valence-corrected chi connectivity index (χ0v) is 16.6.